The molecule has 0 saturated carbocycles. The summed E-state index contributed by atoms with van der Waals surface area (Å²) in [4.78, 5) is 15.6. The third-order valence-corrected chi connectivity index (χ3v) is 4.92. The number of halogens is 1. The first-order valence-corrected chi connectivity index (χ1v) is 8.21. The largest absolute Gasteiger partial charge is 0.352 e. The van der Waals surface area contributed by atoms with E-state index in [1.807, 2.05) is 31.2 Å². The molecule has 1 heterocycles. The molecule has 1 aromatic rings. The normalized spacial score (nSPS) is 18.8. The maximum Gasteiger partial charge on any atom is 0.233 e. The molecule has 1 aromatic carbocycles. The number of amides is 1. The smallest absolute Gasteiger partial charge is 0.233 e. The molecule has 0 radical (unpaired) electrons. The van der Waals surface area contributed by atoms with E-state index in [1.165, 1.54) is 0 Å². The highest BCUT2D eigenvalue weighted by Gasteiger charge is 2.21. The molecule has 1 aliphatic rings. The maximum atomic E-state index is 12.2. The van der Waals surface area contributed by atoms with Gasteiger partial charge in [-0.05, 0) is 64.2 Å². The molecule has 0 aromatic heterocycles. The molecule has 1 amide bonds. The average Bonchev–Trinajstić information content (AvgIpc) is 2.44. The van der Waals surface area contributed by atoms with E-state index < -0.39 is 0 Å². The van der Waals surface area contributed by atoms with Gasteiger partial charge in [-0.1, -0.05) is 11.6 Å². The first-order valence-electron chi connectivity index (χ1n) is 6.96. The van der Waals surface area contributed by atoms with Crippen molar-refractivity contribution >= 4 is 29.3 Å². The highest BCUT2D eigenvalue weighted by Crippen LogP contribution is 2.25. The topological polar surface area (TPSA) is 32.3 Å². The summed E-state index contributed by atoms with van der Waals surface area (Å²) >= 11 is 7.43. The fourth-order valence-electron chi connectivity index (χ4n) is 2.24. The third kappa shape index (κ3) is 4.69. The van der Waals surface area contributed by atoms with Gasteiger partial charge < -0.3 is 10.2 Å². The summed E-state index contributed by atoms with van der Waals surface area (Å²) in [5.74, 6) is 0.125. The van der Waals surface area contributed by atoms with Crippen LogP contribution in [0.2, 0.25) is 5.02 Å². The highest BCUT2D eigenvalue weighted by molar-refractivity contribution is 8.00. The van der Waals surface area contributed by atoms with Crippen molar-refractivity contribution in [2.24, 2.45) is 0 Å². The lowest BCUT2D eigenvalue weighted by Gasteiger charge is -2.30. The number of piperidine rings is 1. The van der Waals surface area contributed by atoms with Crippen LogP contribution in [0.15, 0.2) is 29.2 Å². The Labute approximate surface area is 130 Å². The van der Waals surface area contributed by atoms with E-state index in [2.05, 4.69) is 17.3 Å². The standard InChI is InChI=1S/C15H21ClN2OS/c1-11(20-14-5-3-12(16)4-6-14)15(19)17-13-7-9-18(2)10-8-13/h3-6,11,13H,7-10H2,1-2H3,(H,17,19)/t11-/m1/s1. The molecular weight excluding hydrogens is 292 g/mol. The quantitative estimate of drug-likeness (QED) is 0.867. The van der Waals surface area contributed by atoms with Crippen LogP contribution in [-0.4, -0.2) is 42.2 Å². The van der Waals surface area contributed by atoms with Crippen LogP contribution in [0.4, 0.5) is 0 Å². The van der Waals surface area contributed by atoms with E-state index in [0.717, 1.165) is 35.8 Å². The molecule has 0 bridgehead atoms. The van der Waals surface area contributed by atoms with Crippen LogP contribution < -0.4 is 5.32 Å². The summed E-state index contributed by atoms with van der Waals surface area (Å²) in [7, 11) is 2.12. The van der Waals surface area contributed by atoms with Gasteiger partial charge in [-0.25, -0.2) is 0 Å². The SMILES string of the molecule is C[C@@H](Sc1ccc(Cl)cc1)C(=O)NC1CCN(C)CC1. The molecule has 2 rings (SSSR count). The summed E-state index contributed by atoms with van der Waals surface area (Å²) in [6, 6.07) is 7.93. The molecule has 1 aliphatic heterocycles. The molecule has 1 N–H and O–H groups in total. The van der Waals surface area contributed by atoms with E-state index in [0.29, 0.717) is 6.04 Å². The summed E-state index contributed by atoms with van der Waals surface area (Å²) in [5.41, 5.74) is 0. The van der Waals surface area contributed by atoms with Gasteiger partial charge in [0.05, 0.1) is 5.25 Å². The number of thioether (sulfide) groups is 1. The van der Waals surface area contributed by atoms with Crippen molar-refractivity contribution in [3.63, 3.8) is 0 Å². The number of hydrogen-bond donors (Lipinski definition) is 1. The number of benzene rings is 1. The number of carbonyl (C=O) groups excluding carboxylic acids is 1. The molecule has 110 valence electrons. The van der Waals surface area contributed by atoms with Crippen LogP contribution in [0.3, 0.4) is 0 Å². The van der Waals surface area contributed by atoms with Gasteiger partial charge in [-0.15, -0.1) is 11.8 Å². The Balaban J connectivity index is 1.81. The number of likely N-dealkylation sites (tertiary alicyclic amines) is 1. The predicted octanol–water partition coefficient (Wildman–Crippen LogP) is 3.03. The van der Waals surface area contributed by atoms with E-state index in [1.54, 1.807) is 11.8 Å². The molecule has 1 fully saturated rings. The molecule has 20 heavy (non-hydrogen) atoms. The van der Waals surface area contributed by atoms with Gasteiger partial charge in [0.15, 0.2) is 0 Å². The van der Waals surface area contributed by atoms with Gasteiger partial charge in [0, 0.05) is 16.0 Å². The Kier molecular flexibility index (Phi) is 5.75. The second-order valence-electron chi connectivity index (χ2n) is 5.30. The van der Waals surface area contributed by atoms with E-state index in [-0.39, 0.29) is 11.2 Å². The number of hydrogen-bond acceptors (Lipinski definition) is 3. The molecule has 1 atom stereocenters. The minimum Gasteiger partial charge on any atom is -0.352 e. The van der Waals surface area contributed by atoms with Gasteiger partial charge in [0.2, 0.25) is 5.91 Å². The molecule has 0 unspecified atom stereocenters. The van der Waals surface area contributed by atoms with Gasteiger partial charge in [0.25, 0.3) is 0 Å². The first-order chi connectivity index (χ1) is 9.54. The van der Waals surface area contributed by atoms with Crippen LogP contribution in [0.1, 0.15) is 19.8 Å². The Morgan fingerprint density at radius 1 is 1.35 bits per heavy atom. The molecule has 0 aliphatic carbocycles. The van der Waals surface area contributed by atoms with Crippen LogP contribution >= 0.6 is 23.4 Å². The van der Waals surface area contributed by atoms with Crippen molar-refractivity contribution in [1.29, 1.82) is 0 Å². The van der Waals surface area contributed by atoms with Crippen LogP contribution in [0.5, 0.6) is 0 Å². The average molecular weight is 313 g/mol. The second kappa shape index (κ2) is 7.34. The van der Waals surface area contributed by atoms with Crippen molar-refractivity contribution in [3.8, 4) is 0 Å². The fourth-order valence-corrected chi connectivity index (χ4v) is 3.24. The number of nitrogens with zero attached hydrogens (tertiary/aromatic N) is 1. The Morgan fingerprint density at radius 2 is 1.95 bits per heavy atom. The van der Waals surface area contributed by atoms with Crippen molar-refractivity contribution in [2.75, 3.05) is 20.1 Å². The zero-order valence-electron chi connectivity index (χ0n) is 11.9. The van der Waals surface area contributed by atoms with E-state index in [4.69, 9.17) is 11.6 Å². The van der Waals surface area contributed by atoms with Crippen molar-refractivity contribution in [1.82, 2.24) is 10.2 Å². The minimum absolute atomic E-state index is 0.0872. The Bertz CT molecular complexity index is 444. The third-order valence-electron chi connectivity index (χ3n) is 3.56. The number of carbonyl (C=O) groups is 1. The lowest BCUT2D eigenvalue weighted by Crippen LogP contribution is -2.45. The molecule has 0 spiro atoms. The van der Waals surface area contributed by atoms with Gasteiger partial charge in [-0.2, -0.15) is 0 Å². The molecule has 3 nitrogen and oxygen atoms in total. The summed E-state index contributed by atoms with van der Waals surface area (Å²) < 4.78 is 0. The number of nitrogens with one attached hydrogen (secondary N) is 1. The summed E-state index contributed by atoms with van der Waals surface area (Å²) in [6.07, 6.45) is 2.08. The van der Waals surface area contributed by atoms with Crippen molar-refractivity contribution < 1.29 is 4.79 Å². The molecular formula is C15H21ClN2OS. The minimum atomic E-state index is -0.0872. The van der Waals surface area contributed by atoms with Crippen LogP contribution in [0, 0.1) is 0 Å². The Morgan fingerprint density at radius 3 is 2.55 bits per heavy atom. The van der Waals surface area contributed by atoms with Gasteiger partial charge >= 0.3 is 0 Å². The van der Waals surface area contributed by atoms with E-state index in [9.17, 15) is 4.79 Å². The van der Waals surface area contributed by atoms with E-state index >= 15 is 0 Å². The lowest BCUT2D eigenvalue weighted by molar-refractivity contribution is -0.121. The summed E-state index contributed by atoms with van der Waals surface area (Å²) in [6.45, 7) is 4.07. The zero-order valence-corrected chi connectivity index (χ0v) is 13.5. The monoisotopic (exact) mass is 312 g/mol. The maximum absolute atomic E-state index is 12.2. The second-order valence-corrected chi connectivity index (χ2v) is 7.15. The first kappa shape index (κ1) is 15.7. The number of rotatable bonds is 4. The van der Waals surface area contributed by atoms with Crippen molar-refractivity contribution in [2.45, 2.75) is 36.0 Å². The Hall–Kier alpha value is -0.710. The predicted molar refractivity (Wildman–Crippen MR) is 85.4 cm³/mol. The highest BCUT2D eigenvalue weighted by atomic mass is 35.5. The fraction of sp³-hybridized carbons (Fsp3) is 0.533. The van der Waals surface area contributed by atoms with Gasteiger partial charge in [-0.3, -0.25) is 4.79 Å². The summed E-state index contributed by atoms with van der Waals surface area (Å²) in [5, 5.41) is 3.79. The van der Waals surface area contributed by atoms with Gasteiger partial charge in [0.1, 0.15) is 0 Å². The molecule has 5 heteroatoms. The van der Waals surface area contributed by atoms with Crippen LogP contribution in [-0.2, 0) is 4.79 Å². The lowest BCUT2D eigenvalue weighted by atomic mass is 10.1. The van der Waals surface area contributed by atoms with Crippen LogP contribution in [0.25, 0.3) is 0 Å². The zero-order chi connectivity index (χ0) is 14.5. The molecule has 1 saturated heterocycles. The van der Waals surface area contributed by atoms with Crippen molar-refractivity contribution in [3.05, 3.63) is 29.3 Å².